The lowest BCUT2D eigenvalue weighted by Gasteiger charge is -2.22. The Kier molecular flexibility index (Phi) is 6.49. The van der Waals surface area contributed by atoms with E-state index in [1.807, 2.05) is 13.8 Å². The summed E-state index contributed by atoms with van der Waals surface area (Å²) in [5.41, 5.74) is -0.415. The van der Waals surface area contributed by atoms with Gasteiger partial charge in [0.2, 0.25) is 0 Å². The van der Waals surface area contributed by atoms with Crippen LogP contribution in [-0.2, 0) is 9.47 Å². The lowest BCUT2D eigenvalue weighted by atomic mass is 9.98. The maximum absolute atomic E-state index is 9.07. The molecule has 0 radical (unpaired) electrons. The predicted octanol–water partition coefficient (Wildman–Crippen LogP) is 1.85. The van der Waals surface area contributed by atoms with E-state index in [-0.39, 0.29) is 0 Å². The van der Waals surface area contributed by atoms with Gasteiger partial charge in [0.05, 0.1) is 18.8 Å². The SMILES string of the molecule is CCNC(C)(C#N)CCCOCC1CCCO1. The second-order valence-electron chi connectivity index (χ2n) is 4.79. The summed E-state index contributed by atoms with van der Waals surface area (Å²) in [4.78, 5) is 0. The molecule has 17 heavy (non-hydrogen) atoms. The number of ether oxygens (including phenoxy) is 2. The largest absolute Gasteiger partial charge is 0.379 e. The molecule has 2 unspecified atom stereocenters. The van der Waals surface area contributed by atoms with Crippen LogP contribution >= 0.6 is 0 Å². The van der Waals surface area contributed by atoms with E-state index in [1.54, 1.807) is 0 Å². The Bertz CT molecular complexity index is 246. The van der Waals surface area contributed by atoms with E-state index in [4.69, 9.17) is 14.7 Å². The molecule has 1 N–H and O–H groups in total. The van der Waals surface area contributed by atoms with Crippen LogP contribution in [-0.4, -0.2) is 38.0 Å². The molecular formula is C13H24N2O2. The van der Waals surface area contributed by atoms with Gasteiger partial charge in [0, 0.05) is 13.2 Å². The monoisotopic (exact) mass is 240 g/mol. The number of hydrogen-bond acceptors (Lipinski definition) is 4. The molecule has 1 saturated heterocycles. The van der Waals surface area contributed by atoms with Crippen molar-refractivity contribution in [3.8, 4) is 6.07 Å². The van der Waals surface area contributed by atoms with Crippen LogP contribution < -0.4 is 5.32 Å². The highest BCUT2D eigenvalue weighted by Crippen LogP contribution is 2.13. The second-order valence-corrected chi connectivity index (χ2v) is 4.79. The predicted molar refractivity (Wildman–Crippen MR) is 66.7 cm³/mol. The van der Waals surface area contributed by atoms with Crippen molar-refractivity contribution in [1.82, 2.24) is 5.32 Å². The number of nitrogens with one attached hydrogen (secondary N) is 1. The number of nitriles is 1. The number of hydrogen-bond donors (Lipinski definition) is 1. The van der Waals surface area contributed by atoms with Gasteiger partial charge in [-0.25, -0.2) is 0 Å². The highest BCUT2D eigenvalue weighted by atomic mass is 16.5. The molecule has 0 aromatic rings. The summed E-state index contributed by atoms with van der Waals surface area (Å²) in [6.45, 7) is 7.06. The maximum atomic E-state index is 9.07. The molecule has 0 saturated carbocycles. The van der Waals surface area contributed by atoms with Gasteiger partial charge in [-0.05, 0) is 39.2 Å². The van der Waals surface area contributed by atoms with Crippen molar-refractivity contribution in [1.29, 1.82) is 5.26 Å². The molecule has 98 valence electrons. The van der Waals surface area contributed by atoms with Crippen molar-refractivity contribution in [2.45, 2.75) is 51.2 Å². The Balaban J connectivity index is 2.04. The van der Waals surface area contributed by atoms with E-state index in [0.717, 1.165) is 38.8 Å². The lowest BCUT2D eigenvalue weighted by Crippen LogP contribution is -2.40. The Morgan fingerprint density at radius 2 is 2.41 bits per heavy atom. The maximum Gasteiger partial charge on any atom is 0.104 e. The summed E-state index contributed by atoms with van der Waals surface area (Å²) >= 11 is 0. The minimum atomic E-state index is -0.415. The zero-order valence-corrected chi connectivity index (χ0v) is 11.0. The summed E-state index contributed by atoms with van der Waals surface area (Å²) in [6.07, 6.45) is 4.30. The third-order valence-electron chi connectivity index (χ3n) is 3.11. The standard InChI is InChI=1S/C13H24N2O2/c1-3-15-13(2,11-14)7-5-8-16-10-12-6-4-9-17-12/h12,15H,3-10H2,1-2H3. The van der Waals surface area contributed by atoms with Crippen LogP contribution in [0.4, 0.5) is 0 Å². The summed E-state index contributed by atoms with van der Waals surface area (Å²) in [5, 5.41) is 12.3. The van der Waals surface area contributed by atoms with E-state index >= 15 is 0 Å². The number of rotatable bonds is 8. The first-order valence-electron chi connectivity index (χ1n) is 6.56. The average molecular weight is 240 g/mol. The molecule has 0 amide bonds. The molecule has 1 aliphatic heterocycles. The zero-order chi connectivity index (χ0) is 12.6. The normalized spacial score (nSPS) is 23.2. The lowest BCUT2D eigenvalue weighted by molar-refractivity contribution is 0.0153. The van der Waals surface area contributed by atoms with Gasteiger partial charge in [0.1, 0.15) is 5.54 Å². The van der Waals surface area contributed by atoms with Gasteiger partial charge in [-0.1, -0.05) is 6.92 Å². The summed E-state index contributed by atoms with van der Waals surface area (Å²) in [5.74, 6) is 0. The Hall–Kier alpha value is -0.630. The summed E-state index contributed by atoms with van der Waals surface area (Å²) in [7, 11) is 0. The molecule has 1 fully saturated rings. The molecule has 0 aromatic carbocycles. The fourth-order valence-electron chi connectivity index (χ4n) is 2.09. The van der Waals surface area contributed by atoms with Crippen LogP contribution in [0.5, 0.6) is 0 Å². The molecule has 2 atom stereocenters. The minimum Gasteiger partial charge on any atom is -0.379 e. The first-order valence-corrected chi connectivity index (χ1v) is 6.56. The molecule has 0 aliphatic carbocycles. The van der Waals surface area contributed by atoms with Gasteiger partial charge < -0.3 is 9.47 Å². The van der Waals surface area contributed by atoms with Crippen molar-refractivity contribution in [3.63, 3.8) is 0 Å². The molecule has 1 rings (SSSR count). The van der Waals surface area contributed by atoms with Gasteiger partial charge in [-0.2, -0.15) is 5.26 Å². The highest BCUT2D eigenvalue weighted by Gasteiger charge is 2.21. The quantitative estimate of drug-likeness (QED) is 0.658. The van der Waals surface area contributed by atoms with E-state index in [0.29, 0.717) is 19.3 Å². The van der Waals surface area contributed by atoms with E-state index < -0.39 is 5.54 Å². The minimum absolute atomic E-state index is 0.297. The van der Waals surface area contributed by atoms with Gasteiger partial charge in [-0.15, -0.1) is 0 Å². The third kappa shape index (κ3) is 5.49. The fourth-order valence-corrected chi connectivity index (χ4v) is 2.09. The summed E-state index contributed by atoms with van der Waals surface area (Å²) < 4.78 is 11.0. The van der Waals surface area contributed by atoms with Gasteiger partial charge in [0.25, 0.3) is 0 Å². The van der Waals surface area contributed by atoms with E-state index in [2.05, 4.69) is 11.4 Å². The molecule has 0 bridgehead atoms. The van der Waals surface area contributed by atoms with E-state index in [1.165, 1.54) is 0 Å². The molecular weight excluding hydrogens is 216 g/mol. The van der Waals surface area contributed by atoms with Gasteiger partial charge in [-0.3, -0.25) is 5.32 Å². The Morgan fingerprint density at radius 3 is 3.00 bits per heavy atom. The van der Waals surface area contributed by atoms with Gasteiger partial charge >= 0.3 is 0 Å². The molecule has 1 aliphatic rings. The first-order chi connectivity index (χ1) is 8.20. The number of nitrogens with zero attached hydrogens (tertiary/aromatic N) is 1. The average Bonchev–Trinajstić information content (AvgIpc) is 2.82. The van der Waals surface area contributed by atoms with Crippen molar-refractivity contribution in [3.05, 3.63) is 0 Å². The van der Waals surface area contributed by atoms with Crippen LogP contribution in [0.25, 0.3) is 0 Å². The van der Waals surface area contributed by atoms with Crippen molar-refractivity contribution < 1.29 is 9.47 Å². The molecule has 0 aromatic heterocycles. The third-order valence-corrected chi connectivity index (χ3v) is 3.11. The highest BCUT2D eigenvalue weighted by molar-refractivity contribution is 5.03. The van der Waals surface area contributed by atoms with Crippen molar-refractivity contribution in [2.24, 2.45) is 0 Å². The molecule has 0 spiro atoms. The molecule has 4 nitrogen and oxygen atoms in total. The Morgan fingerprint density at radius 1 is 1.59 bits per heavy atom. The van der Waals surface area contributed by atoms with Crippen LogP contribution in [0.3, 0.4) is 0 Å². The van der Waals surface area contributed by atoms with Gasteiger partial charge in [0.15, 0.2) is 0 Å². The van der Waals surface area contributed by atoms with Crippen LogP contribution in [0, 0.1) is 11.3 Å². The Labute approximate surface area is 104 Å². The second kappa shape index (κ2) is 7.65. The first kappa shape index (κ1) is 14.4. The van der Waals surface area contributed by atoms with Crippen LogP contribution in [0.1, 0.15) is 39.5 Å². The van der Waals surface area contributed by atoms with Crippen molar-refractivity contribution in [2.75, 3.05) is 26.4 Å². The fraction of sp³-hybridized carbons (Fsp3) is 0.923. The van der Waals surface area contributed by atoms with E-state index in [9.17, 15) is 0 Å². The van der Waals surface area contributed by atoms with Crippen LogP contribution in [0.15, 0.2) is 0 Å². The van der Waals surface area contributed by atoms with Crippen LogP contribution in [0.2, 0.25) is 0 Å². The topological polar surface area (TPSA) is 54.3 Å². The summed E-state index contributed by atoms with van der Waals surface area (Å²) in [6, 6.07) is 2.32. The van der Waals surface area contributed by atoms with Crippen molar-refractivity contribution >= 4 is 0 Å². The molecule has 4 heteroatoms. The molecule has 1 heterocycles. The zero-order valence-electron chi connectivity index (χ0n) is 11.0. The smallest absolute Gasteiger partial charge is 0.104 e.